The molecule has 1 heterocycles. The minimum atomic E-state index is -1.56. The number of ketones is 1. The van der Waals surface area contributed by atoms with Gasteiger partial charge in [-0.1, -0.05) is 79.9 Å². The molecule has 0 radical (unpaired) electrons. The first kappa shape index (κ1) is 25.1. The van der Waals surface area contributed by atoms with E-state index in [9.17, 15) is 9.59 Å². The third-order valence-electron chi connectivity index (χ3n) is 6.82. The summed E-state index contributed by atoms with van der Waals surface area (Å²) in [6.07, 6.45) is 6.80. The van der Waals surface area contributed by atoms with Crippen molar-refractivity contribution in [3.8, 4) is 0 Å². The van der Waals surface area contributed by atoms with Crippen molar-refractivity contribution in [1.82, 2.24) is 4.90 Å². The number of piperidine rings is 1. The van der Waals surface area contributed by atoms with Crippen LogP contribution >= 0.6 is 0 Å². The van der Waals surface area contributed by atoms with Crippen molar-refractivity contribution in [3.05, 3.63) is 71.8 Å². The van der Waals surface area contributed by atoms with Crippen LogP contribution < -0.4 is 0 Å². The van der Waals surface area contributed by atoms with E-state index in [1.165, 1.54) is 0 Å². The van der Waals surface area contributed by atoms with E-state index in [2.05, 4.69) is 0 Å². The number of hydrogen-bond donors (Lipinski definition) is 1. The monoisotopic (exact) mass is 453 g/mol. The minimum absolute atomic E-state index is 0.106. The lowest BCUT2D eigenvalue weighted by Gasteiger charge is -2.40. The fourth-order valence-corrected chi connectivity index (χ4v) is 4.89. The molecule has 0 aromatic heterocycles. The molecule has 2 aromatic rings. The van der Waals surface area contributed by atoms with Crippen molar-refractivity contribution >= 4 is 11.7 Å². The van der Waals surface area contributed by atoms with Crippen LogP contribution in [0.1, 0.15) is 68.9 Å². The summed E-state index contributed by atoms with van der Waals surface area (Å²) in [5, 5.41) is 8.72. The summed E-state index contributed by atoms with van der Waals surface area (Å²) in [4.78, 5) is 25.7. The van der Waals surface area contributed by atoms with Gasteiger partial charge in [-0.2, -0.15) is 0 Å². The Morgan fingerprint density at radius 1 is 0.818 bits per heavy atom. The Kier molecular flexibility index (Phi) is 9.61. The Balaban J connectivity index is 1.49. The summed E-state index contributed by atoms with van der Waals surface area (Å²) in [5.41, 5.74) is -0.196. The van der Waals surface area contributed by atoms with Gasteiger partial charge < -0.3 is 10.0 Å². The fourth-order valence-electron chi connectivity index (χ4n) is 4.89. The van der Waals surface area contributed by atoms with Gasteiger partial charge in [0.05, 0.1) is 0 Å². The van der Waals surface area contributed by atoms with Crippen LogP contribution in [0.5, 0.6) is 0 Å². The second kappa shape index (κ2) is 12.6. The van der Waals surface area contributed by atoms with Crippen molar-refractivity contribution < 1.29 is 19.1 Å². The number of likely N-dealkylation sites (tertiary alicyclic amines) is 1. The van der Waals surface area contributed by atoms with E-state index in [4.69, 9.17) is 5.11 Å². The Labute approximate surface area is 196 Å². The molecule has 1 fully saturated rings. The lowest BCUT2D eigenvalue weighted by molar-refractivity contribution is -0.133. The predicted molar refractivity (Wildman–Crippen MR) is 128 cm³/mol. The molecule has 178 valence electrons. The topological polar surface area (TPSA) is 57.6 Å². The molecule has 3 rings (SSSR count). The van der Waals surface area contributed by atoms with Gasteiger partial charge in [-0.05, 0) is 36.8 Å². The number of carbonyl (C=O) groups is 2. The molecule has 0 bridgehead atoms. The number of Topliss-reactive ketones (excluding diaryl/α,β-unsaturated/α-hetero) is 1. The molecule has 1 amide bonds. The van der Waals surface area contributed by atoms with Gasteiger partial charge in [0.2, 0.25) is 5.91 Å². The predicted octanol–water partition coefficient (Wildman–Crippen LogP) is 5.43. The Morgan fingerprint density at radius 3 is 1.82 bits per heavy atom. The Morgan fingerprint density at radius 2 is 1.30 bits per heavy atom. The maximum Gasteiger partial charge on any atom is 0.222 e. The van der Waals surface area contributed by atoms with Gasteiger partial charge in [-0.3, -0.25) is 9.59 Å². The second-order valence-electron chi connectivity index (χ2n) is 9.06. The van der Waals surface area contributed by atoms with Gasteiger partial charge >= 0.3 is 0 Å². The van der Waals surface area contributed by atoms with Gasteiger partial charge in [0.25, 0.3) is 0 Å². The molecule has 33 heavy (non-hydrogen) atoms. The zero-order chi connectivity index (χ0) is 23.5. The number of carbonyl (C=O) groups excluding carboxylic acids is 2. The number of hydrogen-bond acceptors (Lipinski definition) is 3. The maximum absolute atomic E-state index is 16.8. The number of alkyl halides is 1. The zero-order valence-corrected chi connectivity index (χ0v) is 19.4. The van der Waals surface area contributed by atoms with E-state index in [0.29, 0.717) is 49.9 Å². The lowest BCUT2D eigenvalue weighted by Crippen LogP contribution is -2.44. The highest BCUT2D eigenvalue weighted by Gasteiger charge is 2.44. The molecule has 0 unspecified atom stereocenters. The van der Waals surface area contributed by atoms with Crippen LogP contribution in [0.2, 0.25) is 0 Å². The Bertz CT molecular complexity index is 824. The van der Waals surface area contributed by atoms with E-state index in [-0.39, 0.29) is 24.2 Å². The van der Waals surface area contributed by atoms with Crippen LogP contribution in [0.25, 0.3) is 0 Å². The van der Waals surface area contributed by atoms with Crippen molar-refractivity contribution in [2.75, 3.05) is 19.7 Å². The molecule has 0 atom stereocenters. The van der Waals surface area contributed by atoms with E-state index < -0.39 is 5.67 Å². The highest BCUT2D eigenvalue weighted by atomic mass is 19.1. The molecule has 2 aromatic carbocycles. The summed E-state index contributed by atoms with van der Waals surface area (Å²) in [6, 6.07) is 18.8. The second-order valence-corrected chi connectivity index (χ2v) is 9.06. The summed E-state index contributed by atoms with van der Waals surface area (Å²) >= 11 is 0. The first-order chi connectivity index (χ1) is 16.1. The summed E-state index contributed by atoms with van der Waals surface area (Å²) in [5.74, 6) is -0.119. The van der Waals surface area contributed by atoms with Gasteiger partial charge in [-0.25, -0.2) is 4.39 Å². The summed E-state index contributed by atoms with van der Waals surface area (Å²) < 4.78 is 16.8. The van der Waals surface area contributed by atoms with Crippen molar-refractivity contribution in [2.24, 2.45) is 5.92 Å². The third kappa shape index (κ3) is 6.73. The number of benzene rings is 2. The lowest BCUT2D eigenvalue weighted by atomic mass is 9.73. The number of unbranched alkanes of at least 4 members (excludes halogenated alkanes) is 4. The highest BCUT2D eigenvalue weighted by Crippen LogP contribution is 2.45. The SMILES string of the molecule is O=C(CO)CCCCCCCC(=O)N1CCC(C(F)(c2ccccc2)c2ccccc2)CC1. The van der Waals surface area contributed by atoms with Crippen molar-refractivity contribution in [3.63, 3.8) is 0 Å². The van der Waals surface area contributed by atoms with Gasteiger partial charge in [0.1, 0.15) is 6.61 Å². The van der Waals surface area contributed by atoms with Gasteiger partial charge in [0.15, 0.2) is 11.5 Å². The van der Waals surface area contributed by atoms with E-state index in [1.807, 2.05) is 65.6 Å². The molecule has 1 aliphatic rings. The Hall–Kier alpha value is -2.53. The number of aliphatic hydroxyl groups is 1. The molecule has 4 nitrogen and oxygen atoms in total. The van der Waals surface area contributed by atoms with Gasteiger partial charge in [0, 0.05) is 31.8 Å². The van der Waals surface area contributed by atoms with Crippen LogP contribution in [-0.4, -0.2) is 41.4 Å². The first-order valence-electron chi connectivity index (χ1n) is 12.3. The van der Waals surface area contributed by atoms with Crippen LogP contribution in [0.3, 0.4) is 0 Å². The molecule has 5 heteroatoms. The van der Waals surface area contributed by atoms with Crippen LogP contribution in [0.4, 0.5) is 4.39 Å². The molecule has 0 spiro atoms. The average Bonchev–Trinajstić information content (AvgIpc) is 2.88. The highest BCUT2D eigenvalue weighted by molar-refractivity contribution is 5.79. The van der Waals surface area contributed by atoms with Crippen LogP contribution in [0.15, 0.2) is 60.7 Å². The van der Waals surface area contributed by atoms with Crippen molar-refractivity contribution in [2.45, 2.75) is 63.5 Å². The minimum Gasteiger partial charge on any atom is -0.389 e. The number of rotatable bonds is 12. The molecular weight excluding hydrogens is 417 g/mol. The standard InChI is InChI=1S/C28H36FNO3/c29-28(23-12-6-4-7-13-23,24-14-8-5-9-15-24)25-18-20-30(21-19-25)27(33)17-11-3-1-2-10-16-26(32)22-31/h4-9,12-15,25,31H,1-3,10-11,16-22H2. The number of nitrogens with zero attached hydrogens (tertiary/aromatic N) is 1. The number of amides is 1. The zero-order valence-electron chi connectivity index (χ0n) is 19.4. The molecule has 1 N–H and O–H groups in total. The first-order valence-corrected chi connectivity index (χ1v) is 12.3. The van der Waals surface area contributed by atoms with E-state index in [1.54, 1.807) is 0 Å². The van der Waals surface area contributed by atoms with E-state index in [0.717, 1.165) is 32.1 Å². The fraction of sp³-hybridized carbons (Fsp3) is 0.500. The molecular formula is C28H36FNO3. The quantitative estimate of drug-likeness (QED) is 0.436. The molecule has 1 saturated heterocycles. The number of aliphatic hydroxyl groups excluding tert-OH is 1. The summed E-state index contributed by atoms with van der Waals surface area (Å²) in [6.45, 7) is 0.821. The van der Waals surface area contributed by atoms with Crippen LogP contribution in [-0.2, 0) is 15.3 Å². The summed E-state index contributed by atoms with van der Waals surface area (Å²) in [7, 11) is 0. The van der Waals surface area contributed by atoms with Gasteiger partial charge in [-0.15, -0.1) is 0 Å². The third-order valence-corrected chi connectivity index (χ3v) is 6.82. The molecule has 0 aliphatic carbocycles. The smallest absolute Gasteiger partial charge is 0.222 e. The van der Waals surface area contributed by atoms with E-state index >= 15 is 4.39 Å². The number of halogens is 1. The molecule has 0 saturated carbocycles. The normalized spacial score (nSPS) is 14.9. The largest absolute Gasteiger partial charge is 0.389 e. The van der Waals surface area contributed by atoms with Crippen molar-refractivity contribution in [1.29, 1.82) is 0 Å². The maximum atomic E-state index is 16.8. The van der Waals surface area contributed by atoms with Crippen LogP contribution in [0, 0.1) is 5.92 Å². The average molecular weight is 454 g/mol. The molecule has 1 aliphatic heterocycles.